The van der Waals surface area contributed by atoms with E-state index >= 15 is 0 Å². The minimum Gasteiger partial charge on any atom is -0.505 e. The van der Waals surface area contributed by atoms with E-state index in [1.54, 1.807) is 0 Å². The van der Waals surface area contributed by atoms with Crippen LogP contribution in [0.4, 0.5) is 4.39 Å². The molecule has 0 bridgehead atoms. The Hall–Kier alpha value is -1.09. The summed E-state index contributed by atoms with van der Waals surface area (Å²) in [6.45, 7) is 0. The second kappa shape index (κ2) is 4.23. The molecule has 0 saturated carbocycles. The van der Waals surface area contributed by atoms with Gasteiger partial charge in [-0.3, -0.25) is 0 Å². The van der Waals surface area contributed by atoms with Crippen molar-refractivity contribution in [2.45, 2.75) is 12.8 Å². The third kappa shape index (κ3) is 2.42. The first kappa shape index (κ1) is 9.99. The quantitative estimate of drug-likeness (QED) is 0.764. The molecule has 4 heteroatoms. The van der Waals surface area contributed by atoms with Gasteiger partial charge in [-0.25, -0.2) is 4.39 Å². The fourth-order valence-electron chi connectivity index (χ4n) is 1.02. The number of phenolic OH excluding ortho intramolecular Hbond substituents is 1. The Morgan fingerprint density at radius 3 is 2.85 bits per heavy atom. The molecule has 0 spiro atoms. The second-order valence-corrected chi connectivity index (χ2v) is 3.04. The summed E-state index contributed by atoms with van der Waals surface area (Å²) in [6, 6.07) is 2.48. The van der Waals surface area contributed by atoms with Crippen molar-refractivity contribution in [2.75, 3.05) is 0 Å². The van der Waals surface area contributed by atoms with Crippen LogP contribution in [0.15, 0.2) is 12.1 Å². The molecule has 0 fully saturated rings. The lowest BCUT2D eigenvalue weighted by Gasteiger charge is -2.03. The number of aryl methyl sites for hydroxylation is 1. The SMILES string of the molecule is O=CCCc1cc(Cl)cc(F)c1O. The van der Waals surface area contributed by atoms with Crippen LogP contribution in [0.5, 0.6) is 5.75 Å². The molecule has 13 heavy (non-hydrogen) atoms. The van der Waals surface area contributed by atoms with Crippen LogP contribution >= 0.6 is 11.6 Å². The normalized spacial score (nSPS) is 10.0. The Labute approximate surface area is 80.0 Å². The van der Waals surface area contributed by atoms with Gasteiger partial charge in [0.2, 0.25) is 0 Å². The minimum absolute atomic E-state index is 0.219. The maximum Gasteiger partial charge on any atom is 0.166 e. The summed E-state index contributed by atoms with van der Waals surface area (Å²) < 4.78 is 12.8. The van der Waals surface area contributed by atoms with Crippen LogP contribution in [0.3, 0.4) is 0 Å². The summed E-state index contributed by atoms with van der Waals surface area (Å²) in [5.74, 6) is -1.18. The number of carbonyl (C=O) groups excluding carboxylic acids is 1. The van der Waals surface area contributed by atoms with E-state index in [0.29, 0.717) is 18.3 Å². The first-order valence-corrected chi connectivity index (χ1v) is 4.13. The van der Waals surface area contributed by atoms with Crippen LogP contribution in [0, 0.1) is 5.82 Å². The summed E-state index contributed by atoms with van der Waals surface area (Å²) in [4.78, 5) is 10.1. The molecule has 0 aromatic heterocycles. The van der Waals surface area contributed by atoms with Crippen LogP contribution in [0.25, 0.3) is 0 Å². The lowest BCUT2D eigenvalue weighted by Crippen LogP contribution is -1.90. The third-order valence-corrected chi connectivity index (χ3v) is 1.86. The van der Waals surface area contributed by atoms with Crippen LogP contribution in [0.1, 0.15) is 12.0 Å². The first-order chi connectivity index (χ1) is 6.15. The zero-order chi connectivity index (χ0) is 9.84. The number of benzene rings is 1. The summed E-state index contributed by atoms with van der Waals surface area (Å²) >= 11 is 5.56. The van der Waals surface area contributed by atoms with Crippen LogP contribution < -0.4 is 0 Å². The van der Waals surface area contributed by atoms with Gasteiger partial charge in [-0.2, -0.15) is 0 Å². The van der Waals surface area contributed by atoms with Crippen LogP contribution in [-0.4, -0.2) is 11.4 Å². The molecular weight excluding hydrogens is 195 g/mol. The molecule has 0 amide bonds. The summed E-state index contributed by atoms with van der Waals surface area (Å²) in [6.07, 6.45) is 1.25. The molecule has 1 aromatic carbocycles. The molecular formula is C9H8ClFO2. The highest BCUT2D eigenvalue weighted by atomic mass is 35.5. The molecule has 1 rings (SSSR count). The average molecular weight is 203 g/mol. The van der Waals surface area contributed by atoms with Gasteiger partial charge in [-0.15, -0.1) is 0 Å². The first-order valence-electron chi connectivity index (χ1n) is 3.75. The van der Waals surface area contributed by atoms with E-state index in [2.05, 4.69) is 0 Å². The number of aromatic hydroxyl groups is 1. The molecule has 0 unspecified atom stereocenters. The number of phenols is 1. The highest BCUT2D eigenvalue weighted by Crippen LogP contribution is 2.26. The molecule has 0 aliphatic carbocycles. The Balaban J connectivity index is 2.98. The zero-order valence-corrected chi connectivity index (χ0v) is 7.51. The number of hydrogen-bond acceptors (Lipinski definition) is 2. The van der Waals surface area contributed by atoms with E-state index in [-0.39, 0.29) is 11.4 Å². The van der Waals surface area contributed by atoms with Gasteiger partial charge in [0.15, 0.2) is 11.6 Å². The van der Waals surface area contributed by atoms with Crippen molar-refractivity contribution in [1.82, 2.24) is 0 Å². The summed E-state index contributed by atoms with van der Waals surface area (Å²) in [5.41, 5.74) is 0.358. The zero-order valence-electron chi connectivity index (χ0n) is 6.76. The Kier molecular flexibility index (Phi) is 3.25. The van der Waals surface area contributed by atoms with E-state index in [4.69, 9.17) is 11.6 Å². The van der Waals surface area contributed by atoms with Crippen molar-refractivity contribution >= 4 is 17.9 Å². The van der Waals surface area contributed by atoms with E-state index in [9.17, 15) is 14.3 Å². The van der Waals surface area contributed by atoms with Gasteiger partial charge in [0.05, 0.1) is 0 Å². The lowest BCUT2D eigenvalue weighted by molar-refractivity contribution is -0.107. The molecule has 0 atom stereocenters. The summed E-state index contributed by atoms with van der Waals surface area (Å²) in [7, 11) is 0. The Morgan fingerprint density at radius 2 is 2.23 bits per heavy atom. The van der Waals surface area contributed by atoms with E-state index in [1.165, 1.54) is 6.07 Å². The minimum atomic E-state index is -0.756. The van der Waals surface area contributed by atoms with Gasteiger partial charge in [-0.1, -0.05) is 11.6 Å². The molecule has 1 aromatic rings. The fraction of sp³-hybridized carbons (Fsp3) is 0.222. The largest absolute Gasteiger partial charge is 0.505 e. The number of aldehydes is 1. The molecule has 70 valence electrons. The van der Waals surface area contributed by atoms with Gasteiger partial charge in [-0.05, 0) is 24.1 Å². The molecule has 0 heterocycles. The monoisotopic (exact) mass is 202 g/mol. The van der Waals surface area contributed by atoms with Gasteiger partial charge < -0.3 is 9.90 Å². The highest BCUT2D eigenvalue weighted by molar-refractivity contribution is 6.30. The third-order valence-electron chi connectivity index (χ3n) is 1.64. The van der Waals surface area contributed by atoms with Gasteiger partial charge in [0.25, 0.3) is 0 Å². The molecule has 0 saturated heterocycles. The molecule has 2 nitrogen and oxygen atoms in total. The number of carbonyl (C=O) groups is 1. The smallest absolute Gasteiger partial charge is 0.166 e. The predicted octanol–water partition coefficient (Wildman–Crippen LogP) is 2.32. The van der Waals surface area contributed by atoms with Crippen molar-refractivity contribution in [2.24, 2.45) is 0 Å². The second-order valence-electron chi connectivity index (χ2n) is 2.60. The topological polar surface area (TPSA) is 37.3 Å². The molecule has 0 radical (unpaired) electrons. The summed E-state index contributed by atoms with van der Waals surface area (Å²) in [5, 5.41) is 9.42. The van der Waals surface area contributed by atoms with E-state index < -0.39 is 11.6 Å². The number of rotatable bonds is 3. The maximum atomic E-state index is 12.8. The Bertz CT molecular complexity index is 326. The standard InChI is InChI=1S/C9H8ClFO2/c10-7-4-6(2-1-3-12)9(13)8(11)5-7/h3-5,13H,1-2H2. The van der Waals surface area contributed by atoms with Crippen molar-refractivity contribution in [3.63, 3.8) is 0 Å². The molecule has 1 N–H and O–H groups in total. The predicted molar refractivity (Wildman–Crippen MR) is 47.5 cm³/mol. The molecule has 0 aliphatic rings. The van der Waals surface area contributed by atoms with E-state index in [0.717, 1.165) is 6.07 Å². The van der Waals surface area contributed by atoms with Crippen molar-refractivity contribution in [1.29, 1.82) is 0 Å². The van der Waals surface area contributed by atoms with Crippen molar-refractivity contribution in [3.8, 4) is 5.75 Å². The van der Waals surface area contributed by atoms with Crippen LogP contribution in [0.2, 0.25) is 5.02 Å². The number of halogens is 2. The number of hydrogen-bond donors (Lipinski definition) is 1. The van der Waals surface area contributed by atoms with Gasteiger partial charge in [0, 0.05) is 11.4 Å². The average Bonchev–Trinajstić information content (AvgIpc) is 2.09. The highest BCUT2D eigenvalue weighted by Gasteiger charge is 2.08. The molecule has 0 aliphatic heterocycles. The van der Waals surface area contributed by atoms with E-state index in [1.807, 2.05) is 0 Å². The van der Waals surface area contributed by atoms with Gasteiger partial charge in [0.1, 0.15) is 6.29 Å². The van der Waals surface area contributed by atoms with Crippen molar-refractivity contribution in [3.05, 3.63) is 28.5 Å². The maximum absolute atomic E-state index is 12.8. The lowest BCUT2D eigenvalue weighted by atomic mass is 10.1. The van der Waals surface area contributed by atoms with Gasteiger partial charge >= 0.3 is 0 Å². The Morgan fingerprint density at radius 1 is 1.54 bits per heavy atom. The van der Waals surface area contributed by atoms with Crippen molar-refractivity contribution < 1.29 is 14.3 Å². The fourth-order valence-corrected chi connectivity index (χ4v) is 1.25. The van der Waals surface area contributed by atoms with Crippen LogP contribution in [-0.2, 0) is 11.2 Å².